The first-order chi connectivity index (χ1) is 7.93. The Balaban J connectivity index is 2.69. The van der Waals surface area contributed by atoms with Crippen molar-refractivity contribution in [2.24, 2.45) is 0 Å². The van der Waals surface area contributed by atoms with Crippen LogP contribution >= 0.6 is 11.6 Å². The van der Waals surface area contributed by atoms with Gasteiger partial charge in [-0.15, -0.1) is 11.6 Å². The van der Waals surface area contributed by atoms with Gasteiger partial charge in [-0.05, 0) is 24.6 Å². The van der Waals surface area contributed by atoms with Crippen LogP contribution in [0.2, 0.25) is 0 Å². The Morgan fingerprint density at radius 1 is 1.35 bits per heavy atom. The number of carbonyl (C=O) groups is 1. The Bertz CT molecular complexity index is 393. The molecule has 0 bridgehead atoms. The Kier molecular flexibility index (Phi) is 4.81. The molecular weight excluding hydrogens is 255 g/mol. The van der Waals surface area contributed by atoms with E-state index < -0.39 is 11.7 Å². The second-order valence-electron chi connectivity index (χ2n) is 3.42. The zero-order chi connectivity index (χ0) is 12.9. The fraction of sp³-hybridized carbons (Fsp3) is 0.364. The van der Waals surface area contributed by atoms with E-state index in [1.807, 2.05) is 0 Å². The van der Waals surface area contributed by atoms with Gasteiger partial charge in [0, 0.05) is 18.0 Å². The summed E-state index contributed by atoms with van der Waals surface area (Å²) in [6.07, 6.45) is -3.72. The lowest BCUT2D eigenvalue weighted by molar-refractivity contribution is -0.137. The van der Waals surface area contributed by atoms with Gasteiger partial charge in [-0.25, -0.2) is 0 Å². The van der Waals surface area contributed by atoms with Gasteiger partial charge in [-0.3, -0.25) is 4.79 Å². The topological polar surface area (TPSA) is 29.1 Å². The second-order valence-corrected chi connectivity index (χ2v) is 3.80. The minimum atomic E-state index is -4.41. The molecular formula is C11H11ClF3NO. The fourth-order valence-electron chi connectivity index (χ4n) is 1.22. The summed E-state index contributed by atoms with van der Waals surface area (Å²) in [4.78, 5) is 11.3. The van der Waals surface area contributed by atoms with E-state index in [0.29, 0.717) is 12.3 Å². The lowest BCUT2D eigenvalue weighted by atomic mass is 10.2. The van der Waals surface area contributed by atoms with Gasteiger partial charge in [0.1, 0.15) is 0 Å². The molecule has 0 aliphatic rings. The highest BCUT2D eigenvalue weighted by Crippen LogP contribution is 2.30. The van der Waals surface area contributed by atoms with Crippen LogP contribution in [0.25, 0.3) is 0 Å². The second kappa shape index (κ2) is 5.91. The summed E-state index contributed by atoms with van der Waals surface area (Å²) < 4.78 is 37.1. The predicted molar refractivity (Wildman–Crippen MR) is 60.0 cm³/mol. The van der Waals surface area contributed by atoms with Crippen LogP contribution in [0, 0.1) is 0 Å². The molecule has 2 nitrogen and oxygen atoms in total. The van der Waals surface area contributed by atoms with Crippen molar-refractivity contribution >= 4 is 23.2 Å². The third-order valence-corrected chi connectivity index (χ3v) is 2.28. The zero-order valence-electron chi connectivity index (χ0n) is 8.85. The van der Waals surface area contributed by atoms with Crippen LogP contribution in [-0.4, -0.2) is 11.8 Å². The molecule has 0 fully saturated rings. The number of hydrogen-bond donors (Lipinski definition) is 1. The van der Waals surface area contributed by atoms with Crippen molar-refractivity contribution in [3.8, 4) is 0 Å². The number of rotatable bonds is 4. The van der Waals surface area contributed by atoms with E-state index in [4.69, 9.17) is 11.6 Å². The van der Waals surface area contributed by atoms with Crippen LogP contribution in [0.3, 0.4) is 0 Å². The quantitative estimate of drug-likeness (QED) is 0.827. The van der Waals surface area contributed by atoms with Crippen LogP contribution in [0.4, 0.5) is 18.9 Å². The number of alkyl halides is 4. The van der Waals surface area contributed by atoms with E-state index in [1.165, 1.54) is 12.1 Å². The molecule has 0 radical (unpaired) electrons. The van der Waals surface area contributed by atoms with Crippen LogP contribution in [-0.2, 0) is 11.0 Å². The number of hydrogen-bond acceptors (Lipinski definition) is 1. The maximum absolute atomic E-state index is 12.4. The third-order valence-electron chi connectivity index (χ3n) is 2.01. The minimum Gasteiger partial charge on any atom is -0.326 e. The molecule has 0 saturated heterocycles. The number of benzene rings is 1. The van der Waals surface area contributed by atoms with Gasteiger partial charge >= 0.3 is 6.18 Å². The summed E-state index contributed by atoms with van der Waals surface area (Å²) in [7, 11) is 0. The van der Waals surface area contributed by atoms with Crippen molar-refractivity contribution in [1.82, 2.24) is 0 Å². The van der Waals surface area contributed by atoms with E-state index in [1.54, 1.807) is 0 Å². The summed E-state index contributed by atoms with van der Waals surface area (Å²) in [5, 5.41) is 2.39. The molecule has 1 amide bonds. The first-order valence-electron chi connectivity index (χ1n) is 4.96. The van der Waals surface area contributed by atoms with E-state index in [0.717, 1.165) is 12.1 Å². The van der Waals surface area contributed by atoms with Crippen molar-refractivity contribution in [2.45, 2.75) is 19.0 Å². The summed E-state index contributed by atoms with van der Waals surface area (Å²) >= 11 is 5.40. The van der Waals surface area contributed by atoms with Crippen molar-refractivity contribution in [3.63, 3.8) is 0 Å². The third kappa shape index (κ3) is 4.65. The van der Waals surface area contributed by atoms with Crippen molar-refractivity contribution in [3.05, 3.63) is 29.8 Å². The summed E-state index contributed by atoms with van der Waals surface area (Å²) in [6, 6.07) is 4.51. The van der Waals surface area contributed by atoms with E-state index in [9.17, 15) is 18.0 Å². The molecule has 1 aromatic rings. The molecule has 0 atom stereocenters. The molecule has 94 valence electrons. The van der Waals surface area contributed by atoms with Gasteiger partial charge in [-0.2, -0.15) is 13.2 Å². The monoisotopic (exact) mass is 265 g/mol. The highest BCUT2D eigenvalue weighted by molar-refractivity contribution is 6.18. The van der Waals surface area contributed by atoms with Gasteiger partial charge in [-0.1, -0.05) is 6.07 Å². The van der Waals surface area contributed by atoms with Crippen LogP contribution < -0.4 is 5.32 Å². The first-order valence-corrected chi connectivity index (χ1v) is 5.50. The summed E-state index contributed by atoms with van der Waals surface area (Å²) in [5.74, 6) is 0.000648. The van der Waals surface area contributed by atoms with Crippen molar-refractivity contribution < 1.29 is 18.0 Å². The Hall–Kier alpha value is -1.23. The van der Waals surface area contributed by atoms with E-state index >= 15 is 0 Å². The van der Waals surface area contributed by atoms with Gasteiger partial charge in [0.2, 0.25) is 5.91 Å². The predicted octanol–water partition coefficient (Wildman–Crippen LogP) is 3.66. The smallest absolute Gasteiger partial charge is 0.326 e. The molecule has 1 N–H and O–H groups in total. The molecule has 1 aromatic carbocycles. The van der Waals surface area contributed by atoms with Crippen LogP contribution in [0.5, 0.6) is 0 Å². The Morgan fingerprint density at radius 2 is 2.06 bits per heavy atom. The van der Waals surface area contributed by atoms with Gasteiger partial charge in [0.25, 0.3) is 0 Å². The average molecular weight is 266 g/mol. The summed E-state index contributed by atoms with van der Waals surface area (Å²) in [6.45, 7) is 0. The number of anilines is 1. The largest absolute Gasteiger partial charge is 0.416 e. The average Bonchev–Trinajstić information content (AvgIpc) is 2.25. The first kappa shape index (κ1) is 13.8. The normalized spacial score (nSPS) is 11.3. The Labute approximate surface area is 102 Å². The number of carbonyl (C=O) groups excluding carboxylic acids is 1. The highest BCUT2D eigenvalue weighted by atomic mass is 35.5. The van der Waals surface area contributed by atoms with Crippen LogP contribution in [0.1, 0.15) is 18.4 Å². The maximum Gasteiger partial charge on any atom is 0.416 e. The fourth-order valence-corrected chi connectivity index (χ4v) is 1.36. The number of amides is 1. The van der Waals surface area contributed by atoms with Gasteiger partial charge < -0.3 is 5.32 Å². The zero-order valence-corrected chi connectivity index (χ0v) is 9.61. The Morgan fingerprint density at radius 3 is 2.65 bits per heavy atom. The molecule has 0 spiro atoms. The molecule has 0 saturated carbocycles. The highest BCUT2D eigenvalue weighted by Gasteiger charge is 2.30. The molecule has 1 rings (SSSR count). The minimum absolute atomic E-state index is 0.138. The molecule has 6 heteroatoms. The van der Waals surface area contributed by atoms with E-state index in [-0.39, 0.29) is 18.0 Å². The lowest BCUT2D eigenvalue weighted by Crippen LogP contribution is -2.12. The summed E-state index contributed by atoms with van der Waals surface area (Å²) in [5.41, 5.74) is -0.646. The van der Waals surface area contributed by atoms with Crippen molar-refractivity contribution in [2.75, 3.05) is 11.2 Å². The van der Waals surface area contributed by atoms with Gasteiger partial charge in [0.05, 0.1) is 5.56 Å². The molecule has 17 heavy (non-hydrogen) atoms. The standard InChI is InChI=1S/C11H11ClF3NO/c12-6-2-5-10(17)16-9-4-1-3-8(7-9)11(13,14)15/h1,3-4,7H,2,5-6H2,(H,16,17). The van der Waals surface area contributed by atoms with Gasteiger partial charge in [0.15, 0.2) is 0 Å². The molecule has 0 aliphatic carbocycles. The number of halogens is 4. The van der Waals surface area contributed by atoms with Crippen LogP contribution in [0.15, 0.2) is 24.3 Å². The molecule has 0 unspecified atom stereocenters. The number of nitrogens with one attached hydrogen (secondary N) is 1. The molecule has 0 heterocycles. The lowest BCUT2D eigenvalue weighted by Gasteiger charge is -2.09. The maximum atomic E-state index is 12.4. The molecule has 0 aromatic heterocycles. The van der Waals surface area contributed by atoms with Crippen molar-refractivity contribution in [1.29, 1.82) is 0 Å². The SMILES string of the molecule is O=C(CCCCl)Nc1cccc(C(F)(F)F)c1. The van der Waals surface area contributed by atoms with E-state index in [2.05, 4.69) is 5.32 Å². The molecule has 0 aliphatic heterocycles.